The van der Waals surface area contributed by atoms with Gasteiger partial charge in [-0.15, -0.1) is 0 Å². The molecule has 0 aromatic heterocycles. The molecule has 1 N–H and O–H groups in total. The lowest BCUT2D eigenvalue weighted by Gasteiger charge is -2.36. The van der Waals surface area contributed by atoms with Gasteiger partial charge >= 0.3 is 0 Å². The Bertz CT molecular complexity index is 167. The van der Waals surface area contributed by atoms with E-state index in [4.69, 9.17) is 5.26 Å². The minimum absolute atomic E-state index is 0.157. The Labute approximate surface area is 67.8 Å². The average Bonchev–Trinajstić information content (AvgIpc) is 1.96. The Morgan fingerprint density at radius 3 is 2.55 bits per heavy atom. The average molecular weight is 153 g/mol. The van der Waals surface area contributed by atoms with Gasteiger partial charge in [-0.2, -0.15) is 5.26 Å². The molecule has 0 aromatic carbocycles. The van der Waals surface area contributed by atoms with Crippen LogP contribution in [0, 0.1) is 16.7 Å². The summed E-state index contributed by atoms with van der Waals surface area (Å²) in [6.45, 7) is 1.95. The van der Waals surface area contributed by atoms with E-state index in [9.17, 15) is 5.11 Å². The monoisotopic (exact) mass is 153 g/mol. The quantitative estimate of drug-likeness (QED) is 0.672. The molecule has 1 aliphatic rings. The van der Waals surface area contributed by atoms with Crippen molar-refractivity contribution in [2.24, 2.45) is 5.41 Å². The van der Waals surface area contributed by atoms with E-state index in [1.807, 2.05) is 6.92 Å². The molecule has 0 bridgehead atoms. The lowest BCUT2D eigenvalue weighted by atomic mass is 9.66. The van der Waals surface area contributed by atoms with Crippen molar-refractivity contribution in [3.8, 4) is 6.07 Å². The molecule has 0 radical (unpaired) electrons. The van der Waals surface area contributed by atoms with Crippen LogP contribution in [0.15, 0.2) is 0 Å². The summed E-state index contributed by atoms with van der Waals surface area (Å²) in [7, 11) is 0. The summed E-state index contributed by atoms with van der Waals surface area (Å²) in [5, 5.41) is 18.2. The lowest BCUT2D eigenvalue weighted by Crippen LogP contribution is -2.31. The van der Waals surface area contributed by atoms with Crippen molar-refractivity contribution < 1.29 is 5.11 Å². The van der Waals surface area contributed by atoms with E-state index in [1.54, 1.807) is 0 Å². The Balaban J connectivity index is 2.40. The first-order chi connectivity index (χ1) is 5.22. The van der Waals surface area contributed by atoms with Gasteiger partial charge in [0.1, 0.15) is 0 Å². The van der Waals surface area contributed by atoms with Gasteiger partial charge in [0.15, 0.2) is 0 Å². The maximum absolute atomic E-state index is 9.34. The largest absolute Gasteiger partial charge is 0.393 e. The van der Waals surface area contributed by atoms with Crippen molar-refractivity contribution in [3.05, 3.63) is 0 Å². The Morgan fingerprint density at radius 1 is 1.64 bits per heavy atom. The third-order valence-electron chi connectivity index (χ3n) is 2.65. The molecule has 0 saturated heterocycles. The highest BCUT2D eigenvalue weighted by atomic mass is 16.3. The van der Waals surface area contributed by atoms with Crippen molar-refractivity contribution in [1.29, 1.82) is 5.26 Å². The molecular formula is C9H15NO. The van der Waals surface area contributed by atoms with Crippen LogP contribution in [0.2, 0.25) is 0 Å². The summed E-state index contributed by atoms with van der Waals surface area (Å²) in [6.07, 6.45) is 4.31. The van der Waals surface area contributed by atoms with Crippen LogP contribution in [0.5, 0.6) is 0 Å². The van der Waals surface area contributed by atoms with Crippen LogP contribution < -0.4 is 0 Å². The Hall–Kier alpha value is -0.550. The zero-order valence-corrected chi connectivity index (χ0v) is 7.01. The van der Waals surface area contributed by atoms with Crippen molar-refractivity contribution in [2.75, 3.05) is 0 Å². The molecule has 1 saturated carbocycles. The molecule has 0 spiro atoms. The smallest absolute Gasteiger partial charge is 0.0690 e. The predicted molar refractivity (Wildman–Crippen MR) is 42.8 cm³/mol. The molecule has 0 aliphatic heterocycles. The molecule has 0 heterocycles. The highest BCUT2D eigenvalue weighted by Crippen LogP contribution is 2.44. The molecule has 1 atom stereocenters. The number of nitriles is 1. The van der Waals surface area contributed by atoms with Crippen LogP contribution in [0.3, 0.4) is 0 Å². The van der Waals surface area contributed by atoms with E-state index < -0.39 is 0 Å². The fourth-order valence-electron chi connectivity index (χ4n) is 1.56. The first-order valence-electron chi connectivity index (χ1n) is 4.32. The van der Waals surface area contributed by atoms with Crippen molar-refractivity contribution in [2.45, 2.75) is 45.1 Å². The summed E-state index contributed by atoms with van der Waals surface area (Å²) >= 11 is 0. The maximum Gasteiger partial charge on any atom is 0.0690 e. The molecule has 1 fully saturated rings. The van der Waals surface area contributed by atoms with Gasteiger partial charge in [-0.1, -0.05) is 13.3 Å². The van der Waals surface area contributed by atoms with E-state index in [0.29, 0.717) is 6.42 Å². The first kappa shape index (κ1) is 8.55. The zero-order chi connectivity index (χ0) is 8.32. The van der Waals surface area contributed by atoms with Crippen molar-refractivity contribution in [1.82, 2.24) is 0 Å². The molecule has 0 aromatic rings. The zero-order valence-electron chi connectivity index (χ0n) is 7.01. The summed E-state index contributed by atoms with van der Waals surface area (Å²) in [5.74, 6) is 0. The van der Waals surface area contributed by atoms with Gasteiger partial charge in [0, 0.05) is 0 Å². The van der Waals surface area contributed by atoms with E-state index in [0.717, 1.165) is 25.7 Å². The van der Waals surface area contributed by atoms with Gasteiger partial charge in [0.05, 0.1) is 17.6 Å². The molecule has 1 aliphatic carbocycles. The fraction of sp³-hybridized carbons (Fsp3) is 0.889. The molecule has 0 amide bonds. The summed E-state index contributed by atoms with van der Waals surface area (Å²) in [4.78, 5) is 0. The van der Waals surface area contributed by atoms with Gasteiger partial charge in [0.2, 0.25) is 0 Å². The van der Waals surface area contributed by atoms with Crippen LogP contribution in [0.4, 0.5) is 0 Å². The van der Waals surface area contributed by atoms with E-state index in [2.05, 4.69) is 6.07 Å². The standard InChI is InChI=1S/C9H15NO/c1-2-8(11)6-9(7-10)4-3-5-9/h8,11H,2-6H2,1H3. The maximum atomic E-state index is 9.34. The molecule has 1 unspecified atom stereocenters. The predicted octanol–water partition coefficient (Wildman–Crippen LogP) is 1.84. The summed E-state index contributed by atoms with van der Waals surface area (Å²) in [5.41, 5.74) is -0.157. The molecule has 2 nitrogen and oxygen atoms in total. The first-order valence-corrected chi connectivity index (χ1v) is 4.32. The summed E-state index contributed by atoms with van der Waals surface area (Å²) < 4.78 is 0. The number of hydrogen-bond acceptors (Lipinski definition) is 2. The molecule has 11 heavy (non-hydrogen) atoms. The lowest BCUT2D eigenvalue weighted by molar-refractivity contribution is 0.0782. The van der Waals surface area contributed by atoms with Crippen LogP contribution in [-0.4, -0.2) is 11.2 Å². The number of nitrogens with zero attached hydrogens (tertiary/aromatic N) is 1. The number of aliphatic hydroxyl groups is 1. The number of hydrogen-bond donors (Lipinski definition) is 1. The van der Waals surface area contributed by atoms with Gasteiger partial charge in [-0.3, -0.25) is 0 Å². The highest BCUT2D eigenvalue weighted by molar-refractivity contribution is 5.05. The van der Waals surface area contributed by atoms with Crippen LogP contribution in [-0.2, 0) is 0 Å². The second kappa shape index (κ2) is 3.23. The normalized spacial score (nSPS) is 23.4. The van der Waals surface area contributed by atoms with Crippen LogP contribution in [0.25, 0.3) is 0 Å². The fourth-order valence-corrected chi connectivity index (χ4v) is 1.56. The van der Waals surface area contributed by atoms with Gasteiger partial charge < -0.3 is 5.11 Å². The number of aliphatic hydroxyl groups excluding tert-OH is 1. The minimum Gasteiger partial charge on any atom is -0.393 e. The van der Waals surface area contributed by atoms with E-state index in [-0.39, 0.29) is 11.5 Å². The second-order valence-corrected chi connectivity index (χ2v) is 3.51. The molecule has 62 valence electrons. The van der Waals surface area contributed by atoms with Crippen molar-refractivity contribution in [3.63, 3.8) is 0 Å². The SMILES string of the molecule is CCC(O)CC1(C#N)CCC1. The van der Waals surface area contributed by atoms with E-state index >= 15 is 0 Å². The number of rotatable bonds is 3. The van der Waals surface area contributed by atoms with Crippen molar-refractivity contribution >= 4 is 0 Å². The van der Waals surface area contributed by atoms with Gasteiger partial charge in [-0.25, -0.2) is 0 Å². The van der Waals surface area contributed by atoms with Crippen LogP contribution >= 0.6 is 0 Å². The Kier molecular flexibility index (Phi) is 2.51. The Morgan fingerprint density at radius 2 is 2.27 bits per heavy atom. The molecule has 2 heteroatoms. The van der Waals surface area contributed by atoms with Gasteiger partial charge in [-0.05, 0) is 25.7 Å². The summed E-state index contributed by atoms with van der Waals surface area (Å²) in [6, 6.07) is 2.32. The topological polar surface area (TPSA) is 44.0 Å². The van der Waals surface area contributed by atoms with Gasteiger partial charge in [0.25, 0.3) is 0 Å². The third kappa shape index (κ3) is 1.72. The third-order valence-corrected chi connectivity index (χ3v) is 2.65. The second-order valence-electron chi connectivity index (χ2n) is 3.51. The highest BCUT2D eigenvalue weighted by Gasteiger charge is 2.38. The van der Waals surface area contributed by atoms with Crippen LogP contribution in [0.1, 0.15) is 39.0 Å². The van der Waals surface area contributed by atoms with E-state index in [1.165, 1.54) is 0 Å². The molecule has 1 rings (SSSR count). The molecular weight excluding hydrogens is 138 g/mol. The minimum atomic E-state index is -0.269.